The van der Waals surface area contributed by atoms with E-state index in [1.807, 2.05) is 0 Å². The summed E-state index contributed by atoms with van der Waals surface area (Å²) >= 11 is 0. The molecule has 1 unspecified atom stereocenters. The van der Waals surface area contributed by atoms with Gasteiger partial charge in [-0.2, -0.15) is 0 Å². The number of halogens is 1. The molecule has 6 nitrogen and oxygen atoms in total. The van der Waals surface area contributed by atoms with Crippen LogP contribution in [0.2, 0.25) is 0 Å². The molecule has 0 spiro atoms. The number of hydrogen-bond donors (Lipinski definition) is 1. The summed E-state index contributed by atoms with van der Waals surface area (Å²) in [5.74, 6) is 0.898. The molecule has 32 heavy (non-hydrogen) atoms. The molecule has 0 saturated carbocycles. The number of aromatic nitrogens is 2. The number of nitrogens with one attached hydrogen (secondary N) is 1. The SMILES string of the molecule is [C-]#[N+]c1ccc(-c2nc(C3CCCNCC3)n(C)c(=O)c2-c2ccc(OC)cc2)cc1F. The van der Waals surface area contributed by atoms with Gasteiger partial charge < -0.3 is 10.1 Å². The van der Waals surface area contributed by atoms with Crippen molar-refractivity contribution in [3.8, 4) is 28.1 Å². The highest BCUT2D eigenvalue weighted by Gasteiger charge is 2.24. The van der Waals surface area contributed by atoms with Gasteiger partial charge in [-0.1, -0.05) is 24.3 Å². The van der Waals surface area contributed by atoms with Gasteiger partial charge in [0.05, 0.1) is 24.9 Å². The quantitative estimate of drug-likeness (QED) is 0.609. The normalized spacial score (nSPS) is 16.2. The first-order valence-electron chi connectivity index (χ1n) is 10.7. The molecule has 1 atom stereocenters. The molecule has 2 heterocycles. The highest BCUT2D eigenvalue weighted by atomic mass is 19.1. The van der Waals surface area contributed by atoms with Crippen molar-refractivity contribution < 1.29 is 9.13 Å². The van der Waals surface area contributed by atoms with Gasteiger partial charge in [0.15, 0.2) is 0 Å². The van der Waals surface area contributed by atoms with E-state index in [-0.39, 0.29) is 17.2 Å². The second-order valence-electron chi connectivity index (χ2n) is 7.94. The van der Waals surface area contributed by atoms with Gasteiger partial charge >= 0.3 is 0 Å². The molecule has 1 N–H and O–H groups in total. The monoisotopic (exact) mass is 432 g/mol. The van der Waals surface area contributed by atoms with E-state index in [1.165, 1.54) is 12.1 Å². The molecule has 0 amide bonds. The van der Waals surface area contributed by atoms with Gasteiger partial charge in [0.2, 0.25) is 5.69 Å². The number of benzene rings is 2. The maximum Gasteiger partial charge on any atom is 0.261 e. The first kappa shape index (κ1) is 21.7. The van der Waals surface area contributed by atoms with Crippen molar-refractivity contribution in [1.29, 1.82) is 0 Å². The van der Waals surface area contributed by atoms with E-state index < -0.39 is 5.82 Å². The largest absolute Gasteiger partial charge is 0.497 e. The Bertz CT molecular complexity index is 1220. The van der Waals surface area contributed by atoms with Gasteiger partial charge in [-0.3, -0.25) is 9.36 Å². The minimum atomic E-state index is -0.624. The van der Waals surface area contributed by atoms with Crippen molar-refractivity contribution in [3.63, 3.8) is 0 Å². The van der Waals surface area contributed by atoms with Crippen molar-refractivity contribution in [3.05, 3.63) is 75.9 Å². The van der Waals surface area contributed by atoms with Gasteiger partial charge in [-0.05, 0) is 56.1 Å². The van der Waals surface area contributed by atoms with E-state index in [9.17, 15) is 9.18 Å². The van der Waals surface area contributed by atoms with Gasteiger partial charge in [0.25, 0.3) is 5.56 Å². The summed E-state index contributed by atoms with van der Waals surface area (Å²) in [6.45, 7) is 8.94. The van der Waals surface area contributed by atoms with Gasteiger partial charge in [-0.25, -0.2) is 14.2 Å². The zero-order valence-electron chi connectivity index (χ0n) is 18.2. The van der Waals surface area contributed by atoms with Gasteiger partial charge in [-0.15, -0.1) is 0 Å². The average Bonchev–Trinajstić information content (AvgIpc) is 3.10. The molecule has 4 rings (SSSR count). The van der Waals surface area contributed by atoms with E-state index in [1.54, 1.807) is 49.1 Å². The Kier molecular flexibility index (Phi) is 6.33. The molecule has 0 radical (unpaired) electrons. The molecule has 2 aromatic carbocycles. The van der Waals surface area contributed by atoms with E-state index >= 15 is 0 Å². The summed E-state index contributed by atoms with van der Waals surface area (Å²) in [4.78, 5) is 21.8. The van der Waals surface area contributed by atoms with E-state index in [0.717, 1.165) is 32.4 Å². The smallest absolute Gasteiger partial charge is 0.261 e. The fraction of sp³-hybridized carbons (Fsp3) is 0.320. The standard InChI is InChI=1S/C25H25FN4O2/c1-27-21-11-8-18(15-20(21)26)23-22(16-6-9-19(32-3)10-7-16)25(31)30(2)24(29-23)17-5-4-13-28-14-12-17/h6-11,15,17,28H,4-5,12-14H2,2-3H3. The first-order valence-corrected chi connectivity index (χ1v) is 10.7. The molecule has 0 aliphatic carbocycles. The Morgan fingerprint density at radius 3 is 2.59 bits per heavy atom. The van der Waals surface area contributed by atoms with Crippen LogP contribution in [-0.2, 0) is 7.05 Å². The molecule has 1 fully saturated rings. The summed E-state index contributed by atoms with van der Waals surface area (Å²) in [5.41, 5.74) is 1.76. The first-order chi connectivity index (χ1) is 15.5. The second kappa shape index (κ2) is 9.33. The number of methoxy groups -OCH3 is 1. The molecule has 1 aliphatic rings. The maximum absolute atomic E-state index is 14.5. The molecular formula is C25H25FN4O2. The van der Waals surface area contributed by atoms with Crippen LogP contribution < -0.4 is 15.6 Å². The van der Waals surface area contributed by atoms with Crippen molar-refractivity contribution in [2.24, 2.45) is 7.05 Å². The summed E-state index contributed by atoms with van der Waals surface area (Å²) in [6.07, 6.45) is 2.82. The van der Waals surface area contributed by atoms with Crippen molar-refractivity contribution >= 4 is 5.69 Å². The summed E-state index contributed by atoms with van der Waals surface area (Å²) < 4.78 is 21.4. The Morgan fingerprint density at radius 2 is 1.91 bits per heavy atom. The molecule has 1 saturated heterocycles. The maximum atomic E-state index is 14.5. The lowest BCUT2D eigenvalue weighted by atomic mass is 9.96. The van der Waals surface area contributed by atoms with Crippen LogP contribution in [0.15, 0.2) is 47.3 Å². The Morgan fingerprint density at radius 1 is 1.16 bits per heavy atom. The number of hydrogen-bond acceptors (Lipinski definition) is 4. The molecular weight excluding hydrogens is 407 g/mol. The highest BCUT2D eigenvalue weighted by Crippen LogP contribution is 2.34. The predicted molar refractivity (Wildman–Crippen MR) is 123 cm³/mol. The van der Waals surface area contributed by atoms with Crippen molar-refractivity contribution in [2.45, 2.75) is 25.2 Å². The lowest BCUT2D eigenvalue weighted by Crippen LogP contribution is -2.27. The fourth-order valence-electron chi connectivity index (χ4n) is 4.23. The van der Waals surface area contributed by atoms with Crippen LogP contribution in [0.4, 0.5) is 10.1 Å². The van der Waals surface area contributed by atoms with Crippen LogP contribution in [0.25, 0.3) is 27.2 Å². The number of rotatable bonds is 4. The van der Waals surface area contributed by atoms with E-state index in [0.29, 0.717) is 34.0 Å². The van der Waals surface area contributed by atoms with Crippen LogP contribution in [0.5, 0.6) is 5.75 Å². The number of nitrogens with zero attached hydrogens (tertiary/aromatic N) is 3. The summed E-state index contributed by atoms with van der Waals surface area (Å²) in [6, 6.07) is 11.6. The summed E-state index contributed by atoms with van der Waals surface area (Å²) in [5, 5.41) is 3.39. The molecule has 0 bridgehead atoms. The molecule has 3 aromatic rings. The topological polar surface area (TPSA) is 60.5 Å². The van der Waals surface area contributed by atoms with E-state index in [4.69, 9.17) is 16.3 Å². The predicted octanol–water partition coefficient (Wildman–Crippen LogP) is 4.67. The van der Waals surface area contributed by atoms with Crippen molar-refractivity contribution in [1.82, 2.24) is 14.9 Å². The second-order valence-corrected chi connectivity index (χ2v) is 7.94. The molecule has 7 heteroatoms. The van der Waals surface area contributed by atoms with Crippen LogP contribution >= 0.6 is 0 Å². The van der Waals surface area contributed by atoms with Crippen LogP contribution in [0, 0.1) is 12.4 Å². The van der Waals surface area contributed by atoms with Crippen molar-refractivity contribution in [2.75, 3.05) is 20.2 Å². The molecule has 1 aromatic heterocycles. The lowest BCUT2D eigenvalue weighted by Gasteiger charge is -2.20. The lowest BCUT2D eigenvalue weighted by molar-refractivity contribution is 0.415. The highest BCUT2D eigenvalue weighted by molar-refractivity contribution is 5.81. The molecule has 1 aliphatic heterocycles. The number of ether oxygens (including phenoxy) is 1. The third-order valence-corrected chi connectivity index (χ3v) is 5.99. The zero-order chi connectivity index (χ0) is 22.7. The van der Waals surface area contributed by atoms with Crippen LogP contribution in [0.3, 0.4) is 0 Å². The Balaban J connectivity index is 1.95. The van der Waals surface area contributed by atoms with Crippen LogP contribution in [0.1, 0.15) is 31.0 Å². The average molecular weight is 432 g/mol. The van der Waals surface area contributed by atoms with Crippen LogP contribution in [-0.4, -0.2) is 29.8 Å². The fourth-order valence-corrected chi connectivity index (χ4v) is 4.23. The zero-order valence-corrected chi connectivity index (χ0v) is 18.2. The Hall–Kier alpha value is -3.50. The minimum absolute atomic E-state index is 0.0568. The minimum Gasteiger partial charge on any atom is -0.497 e. The third-order valence-electron chi connectivity index (χ3n) is 5.99. The third kappa shape index (κ3) is 4.14. The van der Waals surface area contributed by atoms with Gasteiger partial charge in [0, 0.05) is 18.5 Å². The molecule has 164 valence electrons. The van der Waals surface area contributed by atoms with Gasteiger partial charge in [0.1, 0.15) is 17.4 Å². The summed E-state index contributed by atoms with van der Waals surface area (Å²) in [7, 11) is 3.33. The van der Waals surface area contributed by atoms with E-state index in [2.05, 4.69) is 10.2 Å². The Labute approximate surface area is 186 Å².